The van der Waals surface area contributed by atoms with Crippen LogP contribution in [0.2, 0.25) is 0 Å². The molecule has 0 saturated carbocycles. The van der Waals surface area contributed by atoms with Crippen molar-refractivity contribution in [1.29, 1.82) is 0 Å². The molecule has 3 aromatic rings. The van der Waals surface area contributed by atoms with Gasteiger partial charge in [0.2, 0.25) is 6.79 Å². The van der Waals surface area contributed by atoms with Crippen molar-refractivity contribution in [2.75, 3.05) is 45.5 Å². The molecule has 0 aliphatic carbocycles. The Morgan fingerprint density at radius 3 is 2.84 bits per heavy atom. The van der Waals surface area contributed by atoms with Crippen LogP contribution < -0.4 is 19.1 Å². The molecule has 0 unspecified atom stereocenters. The minimum absolute atomic E-state index is 0.128. The summed E-state index contributed by atoms with van der Waals surface area (Å²) in [7, 11) is 3.97. The quantitative estimate of drug-likeness (QED) is 0.494. The van der Waals surface area contributed by atoms with E-state index in [0.29, 0.717) is 24.0 Å². The van der Waals surface area contributed by atoms with E-state index in [4.69, 9.17) is 19.2 Å². The van der Waals surface area contributed by atoms with Gasteiger partial charge in [-0.25, -0.2) is 4.98 Å². The van der Waals surface area contributed by atoms with E-state index in [9.17, 15) is 4.79 Å². The first-order valence-electron chi connectivity index (χ1n) is 10.1. The minimum Gasteiger partial charge on any atom is -0.492 e. The average molecular weight is 440 g/mol. The van der Waals surface area contributed by atoms with Crippen LogP contribution in [0.15, 0.2) is 42.5 Å². The first-order chi connectivity index (χ1) is 15.0. The van der Waals surface area contributed by atoms with Gasteiger partial charge in [-0.1, -0.05) is 23.5 Å². The van der Waals surface area contributed by atoms with Crippen molar-refractivity contribution in [2.45, 2.75) is 6.92 Å². The Morgan fingerprint density at radius 2 is 2.03 bits per heavy atom. The molecular weight excluding hydrogens is 414 g/mol. The minimum atomic E-state index is -0.128. The van der Waals surface area contributed by atoms with Gasteiger partial charge in [0.1, 0.15) is 11.3 Å². The van der Waals surface area contributed by atoms with E-state index in [2.05, 4.69) is 0 Å². The molecule has 4 rings (SSSR count). The Morgan fingerprint density at radius 1 is 1.19 bits per heavy atom. The molecule has 1 aliphatic rings. The van der Waals surface area contributed by atoms with E-state index in [-0.39, 0.29) is 12.7 Å². The molecule has 1 aliphatic heterocycles. The summed E-state index contributed by atoms with van der Waals surface area (Å²) in [4.78, 5) is 21.6. The molecule has 8 heteroatoms. The Hall–Kier alpha value is -3.10. The number of carbonyl (C=O) groups excluding carboxylic acids is 1. The van der Waals surface area contributed by atoms with Crippen LogP contribution in [-0.4, -0.2) is 56.4 Å². The molecule has 162 valence electrons. The summed E-state index contributed by atoms with van der Waals surface area (Å²) < 4.78 is 17.5. The highest BCUT2D eigenvalue weighted by atomic mass is 32.1. The van der Waals surface area contributed by atoms with Crippen molar-refractivity contribution in [1.82, 2.24) is 9.88 Å². The predicted molar refractivity (Wildman–Crippen MR) is 123 cm³/mol. The lowest BCUT2D eigenvalue weighted by Crippen LogP contribution is -2.35. The van der Waals surface area contributed by atoms with Gasteiger partial charge >= 0.3 is 0 Å². The second-order valence-electron chi connectivity index (χ2n) is 7.27. The van der Waals surface area contributed by atoms with Crippen molar-refractivity contribution >= 4 is 38.7 Å². The number of ether oxygens (including phenoxy) is 3. The third kappa shape index (κ3) is 4.81. The number of nitrogens with zero attached hydrogens (tertiary/aromatic N) is 3. The van der Waals surface area contributed by atoms with Crippen molar-refractivity contribution in [3.8, 4) is 17.2 Å². The molecule has 1 aromatic heterocycles. The predicted octanol–water partition coefficient (Wildman–Crippen LogP) is 4.03. The van der Waals surface area contributed by atoms with Crippen LogP contribution in [0, 0.1) is 0 Å². The zero-order valence-electron chi connectivity index (χ0n) is 17.8. The summed E-state index contributed by atoms with van der Waals surface area (Å²) in [5.74, 6) is 2.01. The highest BCUT2D eigenvalue weighted by Gasteiger charge is 2.20. The first-order valence-corrected chi connectivity index (χ1v) is 10.9. The molecule has 2 heterocycles. The Kier molecular flexibility index (Phi) is 6.39. The van der Waals surface area contributed by atoms with Crippen LogP contribution in [0.3, 0.4) is 0 Å². The standard InChI is InChI=1S/C23H25N3O4S/c1-4-28-18-6-5-7-20-22(18)24-23(31-20)26(13-12-25(2)3)21(27)11-9-16-8-10-17-19(14-16)30-15-29-17/h5-11,14H,4,12-13,15H2,1-3H3. The third-order valence-electron chi connectivity index (χ3n) is 4.75. The molecule has 1 amide bonds. The number of para-hydroxylation sites is 1. The highest BCUT2D eigenvalue weighted by molar-refractivity contribution is 7.22. The van der Waals surface area contributed by atoms with E-state index in [1.54, 1.807) is 17.1 Å². The SMILES string of the molecule is CCOc1cccc2sc(N(CCN(C)C)C(=O)C=Cc3ccc4c(c3)OCO4)nc12. The molecule has 0 radical (unpaired) electrons. The maximum absolute atomic E-state index is 13.2. The van der Waals surface area contributed by atoms with Gasteiger partial charge < -0.3 is 19.1 Å². The van der Waals surface area contributed by atoms with E-state index >= 15 is 0 Å². The van der Waals surface area contributed by atoms with Crippen molar-refractivity contribution in [3.63, 3.8) is 0 Å². The second-order valence-corrected chi connectivity index (χ2v) is 8.28. The number of carbonyl (C=O) groups is 1. The van der Waals surface area contributed by atoms with Gasteiger partial charge in [-0.05, 0) is 56.9 Å². The number of thiazole rings is 1. The first kappa shape index (κ1) is 21.1. The molecule has 31 heavy (non-hydrogen) atoms. The fourth-order valence-corrected chi connectivity index (χ4v) is 4.19. The number of likely N-dealkylation sites (N-methyl/N-ethyl adjacent to an activating group) is 1. The molecule has 2 aromatic carbocycles. The molecule has 0 saturated heterocycles. The van der Waals surface area contributed by atoms with Gasteiger partial charge in [0.25, 0.3) is 5.91 Å². The summed E-state index contributed by atoms with van der Waals surface area (Å²) in [6, 6.07) is 11.5. The lowest BCUT2D eigenvalue weighted by Gasteiger charge is -2.20. The molecular formula is C23H25N3O4S. The summed E-state index contributed by atoms with van der Waals surface area (Å²) in [5, 5.41) is 0.657. The molecule has 0 bridgehead atoms. The fraction of sp³-hybridized carbons (Fsp3) is 0.304. The highest BCUT2D eigenvalue weighted by Crippen LogP contribution is 2.35. The number of anilines is 1. The van der Waals surface area contributed by atoms with Gasteiger partial charge in [-0.2, -0.15) is 0 Å². The second kappa shape index (κ2) is 9.36. The van der Waals surface area contributed by atoms with Crippen LogP contribution in [0.4, 0.5) is 5.13 Å². The molecule has 7 nitrogen and oxygen atoms in total. The van der Waals surface area contributed by atoms with Crippen LogP contribution >= 0.6 is 11.3 Å². The lowest BCUT2D eigenvalue weighted by molar-refractivity contribution is -0.114. The monoisotopic (exact) mass is 439 g/mol. The van der Waals surface area contributed by atoms with Gasteiger partial charge in [0.05, 0.1) is 11.3 Å². The largest absolute Gasteiger partial charge is 0.492 e. The summed E-state index contributed by atoms with van der Waals surface area (Å²) in [6.45, 7) is 3.98. The maximum atomic E-state index is 13.2. The van der Waals surface area contributed by atoms with Crippen LogP contribution in [0.1, 0.15) is 12.5 Å². The Balaban J connectivity index is 1.60. The van der Waals surface area contributed by atoms with E-state index in [1.165, 1.54) is 11.3 Å². The number of rotatable bonds is 8. The van der Waals surface area contributed by atoms with Crippen molar-refractivity contribution in [2.24, 2.45) is 0 Å². The lowest BCUT2D eigenvalue weighted by atomic mass is 10.2. The van der Waals surface area contributed by atoms with Gasteiger partial charge in [0, 0.05) is 19.2 Å². The van der Waals surface area contributed by atoms with E-state index < -0.39 is 0 Å². The fourth-order valence-electron chi connectivity index (χ4n) is 3.17. The number of hydrogen-bond acceptors (Lipinski definition) is 7. The molecule has 0 N–H and O–H groups in total. The number of benzene rings is 2. The summed E-state index contributed by atoms with van der Waals surface area (Å²) >= 11 is 1.49. The van der Waals surface area contributed by atoms with Gasteiger partial charge in [0.15, 0.2) is 16.6 Å². The average Bonchev–Trinajstić information content (AvgIpc) is 3.39. The number of fused-ring (bicyclic) bond motifs is 2. The number of hydrogen-bond donors (Lipinski definition) is 0. The topological polar surface area (TPSA) is 64.1 Å². The molecule has 0 spiro atoms. The Bertz CT molecular complexity index is 1110. The van der Waals surface area contributed by atoms with Crippen molar-refractivity contribution < 1.29 is 19.0 Å². The molecule has 0 fully saturated rings. The third-order valence-corrected chi connectivity index (χ3v) is 5.80. The smallest absolute Gasteiger partial charge is 0.252 e. The van der Waals surface area contributed by atoms with Gasteiger partial charge in [-0.15, -0.1) is 0 Å². The normalized spacial score (nSPS) is 12.8. The zero-order chi connectivity index (χ0) is 21.8. The molecule has 0 atom stereocenters. The van der Waals surface area contributed by atoms with E-state index in [1.807, 2.05) is 62.3 Å². The summed E-state index contributed by atoms with van der Waals surface area (Å²) in [5.41, 5.74) is 1.65. The van der Waals surface area contributed by atoms with Crippen LogP contribution in [-0.2, 0) is 4.79 Å². The van der Waals surface area contributed by atoms with E-state index in [0.717, 1.165) is 33.8 Å². The number of aromatic nitrogens is 1. The zero-order valence-corrected chi connectivity index (χ0v) is 18.6. The van der Waals surface area contributed by atoms with Gasteiger partial charge in [-0.3, -0.25) is 9.69 Å². The maximum Gasteiger partial charge on any atom is 0.252 e. The number of amides is 1. The van der Waals surface area contributed by atoms with Crippen LogP contribution in [0.5, 0.6) is 17.2 Å². The Labute approximate surface area is 185 Å². The van der Waals surface area contributed by atoms with Crippen molar-refractivity contribution in [3.05, 3.63) is 48.0 Å². The van der Waals surface area contributed by atoms with Crippen LogP contribution in [0.25, 0.3) is 16.3 Å². The summed E-state index contributed by atoms with van der Waals surface area (Å²) in [6.07, 6.45) is 3.36.